The monoisotopic (exact) mass is 538 g/mol. The number of hydrogen-bond acceptors (Lipinski definition) is 3. The lowest BCUT2D eigenvalue weighted by atomic mass is 9.87. The molecule has 0 atom stereocenters. The van der Waals surface area contributed by atoms with Gasteiger partial charge in [-0.2, -0.15) is 0 Å². The Hall–Kier alpha value is -3.86. The molecule has 1 aliphatic carbocycles. The summed E-state index contributed by atoms with van der Waals surface area (Å²) in [6, 6.07) is 21.9. The number of aryl methyl sites for hydroxylation is 2. The standard InChI is InChI=1S/C28H34N2O3.C7H8/c1-18-15-22(12-14-25(18)32)28-27(20-9-7-5-6-8-10-20)23-13-11-21(19(2)31)16-24(23)30(28)17-26(33)29(3)4;1-7-5-3-2-4-6-7/h11-16,20,32H,5-10,17H2,1-4H3;2-6H,1H3. The van der Waals surface area contributed by atoms with Gasteiger partial charge in [0.2, 0.25) is 5.91 Å². The summed E-state index contributed by atoms with van der Waals surface area (Å²) in [5.41, 5.74) is 7.02. The molecule has 5 nitrogen and oxygen atoms in total. The van der Waals surface area contributed by atoms with Crippen molar-refractivity contribution in [3.05, 3.63) is 89.0 Å². The first-order valence-corrected chi connectivity index (χ1v) is 14.4. The largest absolute Gasteiger partial charge is 0.508 e. The fourth-order valence-corrected chi connectivity index (χ4v) is 5.67. The van der Waals surface area contributed by atoms with E-state index in [4.69, 9.17) is 0 Å². The minimum Gasteiger partial charge on any atom is -0.508 e. The van der Waals surface area contributed by atoms with Crippen LogP contribution in [0.3, 0.4) is 0 Å². The number of phenols is 1. The van der Waals surface area contributed by atoms with Crippen LogP contribution in [0, 0.1) is 13.8 Å². The van der Waals surface area contributed by atoms with Crippen molar-refractivity contribution in [1.82, 2.24) is 9.47 Å². The molecule has 0 bridgehead atoms. The summed E-state index contributed by atoms with van der Waals surface area (Å²) in [6.07, 6.45) is 7.17. The average molecular weight is 539 g/mol. The molecule has 1 aliphatic rings. The number of benzene rings is 3. The molecule has 1 aromatic heterocycles. The number of carbonyl (C=O) groups excluding carboxylic acids is 2. The highest BCUT2D eigenvalue weighted by atomic mass is 16.3. The van der Waals surface area contributed by atoms with Gasteiger partial charge in [-0.3, -0.25) is 9.59 Å². The van der Waals surface area contributed by atoms with Gasteiger partial charge in [-0.1, -0.05) is 73.7 Å². The van der Waals surface area contributed by atoms with Gasteiger partial charge in [0, 0.05) is 30.6 Å². The zero-order valence-corrected chi connectivity index (χ0v) is 24.5. The van der Waals surface area contributed by atoms with Crippen LogP contribution in [-0.2, 0) is 11.3 Å². The van der Waals surface area contributed by atoms with Crippen molar-refractivity contribution in [2.75, 3.05) is 14.1 Å². The highest BCUT2D eigenvalue weighted by Gasteiger charge is 2.27. The third-order valence-electron chi connectivity index (χ3n) is 7.98. The lowest BCUT2D eigenvalue weighted by Gasteiger charge is -2.20. The molecule has 3 aromatic carbocycles. The predicted octanol–water partition coefficient (Wildman–Crippen LogP) is 8.05. The average Bonchev–Trinajstić information content (AvgIpc) is 3.06. The van der Waals surface area contributed by atoms with Crippen LogP contribution in [0.2, 0.25) is 0 Å². The maximum absolute atomic E-state index is 12.9. The molecule has 0 radical (unpaired) electrons. The Morgan fingerprint density at radius 2 is 1.57 bits per heavy atom. The fourth-order valence-electron chi connectivity index (χ4n) is 5.67. The summed E-state index contributed by atoms with van der Waals surface area (Å²) in [5, 5.41) is 11.3. The topological polar surface area (TPSA) is 62.5 Å². The van der Waals surface area contributed by atoms with E-state index >= 15 is 0 Å². The van der Waals surface area contributed by atoms with Gasteiger partial charge in [0.1, 0.15) is 12.3 Å². The van der Waals surface area contributed by atoms with Gasteiger partial charge in [0.05, 0.1) is 5.69 Å². The quantitative estimate of drug-likeness (QED) is 0.207. The number of ketones is 1. The number of phenolic OH excluding ortho intramolecular Hbond substituents is 1. The van der Waals surface area contributed by atoms with E-state index in [1.165, 1.54) is 36.8 Å². The Bertz CT molecular complexity index is 1480. The summed E-state index contributed by atoms with van der Waals surface area (Å²) in [7, 11) is 3.54. The van der Waals surface area contributed by atoms with Crippen LogP contribution < -0.4 is 0 Å². The SMILES string of the molecule is CC(=O)c1ccc2c(C3CCCCCC3)c(-c3ccc(O)c(C)c3)n(CC(=O)N(C)C)c2c1.Cc1ccccc1. The van der Waals surface area contributed by atoms with Crippen LogP contribution in [0.15, 0.2) is 66.7 Å². The van der Waals surface area contributed by atoms with Crippen LogP contribution in [-0.4, -0.2) is 40.4 Å². The normalized spacial score (nSPS) is 13.8. The van der Waals surface area contributed by atoms with Crippen molar-refractivity contribution in [3.63, 3.8) is 0 Å². The summed E-state index contributed by atoms with van der Waals surface area (Å²) in [5.74, 6) is 0.685. The summed E-state index contributed by atoms with van der Waals surface area (Å²) in [6.45, 7) is 5.76. The molecule has 5 heteroatoms. The zero-order chi connectivity index (χ0) is 28.8. The molecule has 210 valence electrons. The molecule has 1 heterocycles. The molecular weight excluding hydrogens is 496 g/mol. The Labute approximate surface area is 238 Å². The Morgan fingerprint density at radius 1 is 0.900 bits per heavy atom. The lowest BCUT2D eigenvalue weighted by molar-refractivity contribution is -0.129. The van der Waals surface area contributed by atoms with E-state index in [0.717, 1.165) is 40.6 Å². The van der Waals surface area contributed by atoms with Gasteiger partial charge in [-0.25, -0.2) is 0 Å². The number of amides is 1. The van der Waals surface area contributed by atoms with Crippen LogP contribution in [0.5, 0.6) is 5.75 Å². The minimum atomic E-state index is 0.00398. The van der Waals surface area contributed by atoms with Crippen molar-refractivity contribution in [1.29, 1.82) is 0 Å². The maximum Gasteiger partial charge on any atom is 0.242 e. The third-order valence-corrected chi connectivity index (χ3v) is 7.98. The number of fused-ring (bicyclic) bond motifs is 1. The number of rotatable bonds is 5. The Balaban J connectivity index is 0.000000461. The van der Waals surface area contributed by atoms with E-state index in [1.54, 1.807) is 32.0 Å². The van der Waals surface area contributed by atoms with Crippen molar-refractivity contribution in [2.24, 2.45) is 0 Å². The second-order valence-electron chi connectivity index (χ2n) is 11.3. The van der Waals surface area contributed by atoms with Gasteiger partial charge in [0.15, 0.2) is 5.78 Å². The zero-order valence-electron chi connectivity index (χ0n) is 24.5. The second kappa shape index (κ2) is 13.0. The van der Waals surface area contributed by atoms with Gasteiger partial charge in [-0.15, -0.1) is 0 Å². The van der Waals surface area contributed by atoms with Crippen molar-refractivity contribution >= 4 is 22.6 Å². The number of hydrogen-bond donors (Lipinski definition) is 1. The first-order valence-electron chi connectivity index (χ1n) is 14.4. The van der Waals surface area contributed by atoms with Crippen molar-refractivity contribution in [2.45, 2.75) is 71.8 Å². The van der Waals surface area contributed by atoms with E-state index in [1.807, 2.05) is 49.4 Å². The molecule has 1 fully saturated rings. The highest BCUT2D eigenvalue weighted by molar-refractivity contribution is 6.01. The Morgan fingerprint density at radius 3 is 2.12 bits per heavy atom. The van der Waals surface area contributed by atoms with Crippen LogP contribution >= 0.6 is 0 Å². The Kier molecular flexibility index (Phi) is 9.46. The van der Waals surface area contributed by atoms with Gasteiger partial charge < -0.3 is 14.6 Å². The summed E-state index contributed by atoms with van der Waals surface area (Å²) in [4.78, 5) is 26.7. The van der Waals surface area contributed by atoms with Crippen molar-refractivity contribution in [3.8, 4) is 17.0 Å². The van der Waals surface area contributed by atoms with Gasteiger partial charge in [0.25, 0.3) is 0 Å². The number of likely N-dealkylation sites (N-methyl/N-ethyl adjacent to an activating group) is 1. The van der Waals surface area contributed by atoms with E-state index in [0.29, 0.717) is 11.5 Å². The van der Waals surface area contributed by atoms with Crippen LogP contribution in [0.1, 0.15) is 78.4 Å². The molecule has 0 spiro atoms. The molecule has 0 aliphatic heterocycles. The number of Topliss-reactive ketones (excluding diaryl/α,β-unsaturated/α-hetero) is 1. The molecule has 5 rings (SSSR count). The number of nitrogens with zero attached hydrogens (tertiary/aromatic N) is 2. The highest BCUT2D eigenvalue weighted by Crippen LogP contribution is 2.44. The molecule has 1 N–H and O–H groups in total. The molecule has 1 saturated carbocycles. The second-order valence-corrected chi connectivity index (χ2v) is 11.3. The van der Waals surface area contributed by atoms with Gasteiger partial charge >= 0.3 is 0 Å². The summed E-state index contributed by atoms with van der Waals surface area (Å²) >= 11 is 0. The fraction of sp³-hybridized carbons (Fsp3) is 0.371. The molecule has 1 amide bonds. The van der Waals surface area contributed by atoms with Crippen LogP contribution in [0.4, 0.5) is 0 Å². The first kappa shape index (κ1) is 29.1. The van der Waals surface area contributed by atoms with Gasteiger partial charge in [-0.05, 0) is 80.5 Å². The molecule has 0 unspecified atom stereocenters. The molecule has 0 saturated heterocycles. The van der Waals surface area contributed by atoms with E-state index in [2.05, 4.69) is 29.7 Å². The first-order chi connectivity index (χ1) is 19.2. The number of aromatic hydroxyl groups is 1. The number of aromatic nitrogens is 1. The third kappa shape index (κ3) is 6.64. The molecule has 40 heavy (non-hydrogen) atoms. The minimum absolute atomic E-state index is 0.00398. The van der Waals surface area contributed by atoms with E-state index in [-0.39, 0.29) is 24.0 Å². The smallest absolute Gasteiger partial charge is 0.242 e. The van der Waals surface area contributed by atoms with Crippen LogP contribution in [0.25, 0.3) is 22.2 Å². The molecular formula is C35H42N2O3. The van der Waals surface area contributed by atoms with E-state index < -0.39 is 0 Å². The maximum atomic E-state index is 12.9. The molecule has 4 aromatic rings. The lowest BCUT2D eigenvalue weighted by Crippen LogP contribution is -2.26. The van der Waals surface area contributed by atoms with E-state index in [9.17, 15) is 14.7 Å². The predicted molar refractivity (Wildman–Crippen MR) is 164 cm³/mol. The summed E-state index contributed by atoms with van der Waals surface area (Å²) < 4.78 is 2.09. The van der Waals surface area contributed by atoms with Crippen molar-refractivity contribution < 1.29 is 14.7 Å². The number of carbonyl (C=O) groups is 2.